The normalized spacial score (nSPS) is 56.0. The van der Waals surface area contributed by atoms with Crippen molar-refractivity contribution in [1.29, 1.82) is 0 Å². The lowest BCUT2D eigenvalue weighted by molar-refractivity contribution is -0.151. The minimum atomic E-state index is 0.212. The van der Waals surface area contributed by atoms with Gasteiger partial charge in [0.05, 0.1) is 0 Å². The standard InChI is InChI=1S/C17H29N/c1-16(14-5-3-2-4-6-14)15-8-12-7-13(9-15)11-17(16,18)10-12/h12-15H,2-11,18H2,1H3/t12-,13?,15?,16-,17?/m0/s1. The maximum Gasteiger partial charge on any atom is 0.0219 e. The molecular formula is C17H29N. The van der Waals surface area contributed by atoms with Gasteiger partial charge < -0.3 is 5.73 Å². The molecule has 2 N–H and O–H groups in total. The zero-order valence-electron chi connectivity index (χ0n) is 12.0. The van der Waals surface area contributed by atoms with Crippen LogP contribution >= 0.6 is 0 Å². The van der Waals surface area contributed by atoms with Crippen LogP contribution < -0.4 is 5.73 Å². The Bertz CT molecular complexity index is 326. The van der Waals surface area contributed by atoms with Crippen molar-refractivity contribution in [3.8, 4) is 0 Å². The van der Waals surface area contributed by atoms with E-state index in [9.17, 15) is 0 Å². The monoisotopic (exact) mass is 247 g/mol. The number of nitrogens with two attached hydrogens (primary N) is 1. The van der Waals surface area contributed by atoms with Gasteiger partial charge in [-0.25, -0.2) is 0 Å². The van der Waals surface area contributed by atoms with Gasteiger partial charge in [0.15, 0.2) is 0 Å². The van der Waals surface area contributed by atoms with Crippen LogP contribution in [0.15, 0.2) is 0 Å². The summed E-state index contributed by atoms with van der Waals surface area (Å²) in [7, 11) is 0. The first-order chi connectivity index (χ1) is 8.62. The molecule has 5 fully saturated rings. The maximum atomic E-state index is 7.03. The first-order valence-corrected chi connectivity index (χ1v) is 8.41. The molecular weight excluding hydrogens is 218 g/mol. The molecule has 0 radical (unpaired) electrons. The highest BCUT2D eigenvalue weighted by atomic mass is 14.9. The summed E-state index contributed by atoms with van der Waals surface area (Å²) >= 11 is 0. The van der Waals surface area contributed by atoms with Crippen LogP contribution in [0.2, 0.25) is 0 Å². The third-order valence-electron chi connectivity index (χ3n) is 7.58. The molecule has 0 spiro atoms. The number of hydrogen-bond acceptors (Lipinski definition) is 1. The van der Waals surface area contributed by atoms with E-state index < -0.39 is 0 Å². The molecule has 0 saturated heterocycles. The summed E-state index contributed by atoms with van der Waals surface area (Å²) in [6.07, 6.45) is 14.6. The third kappa shape index (κ3) is 1.38. The van der Waals surface area contributed by atoms with Crippen LogP contribution in [-0.2, 0) is 0 Å². The van der Waals surface area contributed by atoms with Crippen LogP contribution in [0.1, 0.15) is 71.1 Å². The molecule has 0 heterocycles. The molecule has 1 heteroatoms. The molecule has 0 aromatic heterocycles. The van der Waals surface area contributed by atoms with Crippen molar-refractivity contribution in [3.05, 3.63) is 0 Å². The van der Waals surface area contributed by atoms with Gasteiger partial charge in [-0.3, -0.25) is 0 Å². The fourth-order valence-corrected chi connectivity index (χ4v) is 6.79. The Morgan fingerprint density at radius 3 is 2.00 bits per heavy atom. The van der Waals surface area contributed by atoms with E-state index in [1.54, 1.807) is 0 Å². The Hall–Kier alpha value is -0.0400. The van der Waals surface area contributed by atoms with Crippen LogP contribution in [-0.4, -0.2) is 5.54 Å². The van der Waals surface area contributed by atoms with Crippen LogP contribution in [0.3, 0.4) is 0 Å². The van der Waals surface area contributed by atoms with Gasteiger partial charge in [0.1, 0.15) is 0 Å². The fourth-order valence-electron chi connectivity index (χ4n) is 6.79. The molecule has 18 heavy (non-hydrogen) atoms. The van der Waals surface area contributed by atoms with E-state index in [0.29, 0.717) is 5.41 Å². The largest absolute Gasteiger partial charge is 0.325 e. The molecule has 0 aromatic rings. The number of rotatable bonds is 1. The highest BCUT2D eigenvalue weighted by Crippen LogP contribution is 2.66. The lowest BCUT2D eigenvalue weighted by Gasteiger charge is -2.68. The summed E-state index contributed by atoms with van der Waals surface area (Å²) < 4.78 is 0. The van der Waals surface area contributed by atoms with E-state index in [0.717, 1.165) is 23.7 Å². The van der Waals surface area contributed by atoms with Gasteiger partial charge in [-0.15, -0.1) is 0 Å². The minimum Gasteiger partial charge on any atom is -0.325 e. The minimum absolute atomic E-state index is 0.212. The topological polar surface area (TPSA) is 26.0 Å². The van der Waals surface area contributed by atoms with E-state index in [4.69, 9.17) is 5.73 Å². The summed E-state index contributed by atoms with van der Waals surface area (Å²) in [5.74, 6) is 3.89. The smallest absolute Gasteiger partial charge is 0.0219 e. The van der Waals surface area contributed by atoms with Gasteiger partial charge in [-0.05, 0) is 74.0 Å². The predicted octanol–water partition coefficient (Wildman–Crippen LogP) is 4.11. The summed E-state index contributed by atoms with van der Waals surface area (Å²) in [6.45, 7) is 2.60. The molecule has 5 rings (SSSR count). The lowest BCUT2D eigenvalue weighted by atomic mass is 9.39. The van der Waals surface area contributed by atoms with Crippen molar-refractivity contribution in [3.63, 3.8) is 0 Å². The maximum absolute atomic E-state index is 7.03. The van der Waals surface area contributed by atoms with Crippen molar-refractivity contribution in [2.24, 2.45) is 34.8 Å². The Balaban J connectivity index is 1.70. The van der Waals surface area contributed by atoms with E-state index in [1.165, 1.54) is 64.2 Å². The molecule has 5 aliphatic rings. The molecule has 0 aromatic carbocycles. The second kappa shape index (κ2) is 3.75. The number of hydrogen-bond donors (Lipinski definition) is 1. The van der Waals surface area contributed by atoms with Crippen molar-refractivity contribution in [1.82, 2.24) is 0 Å². The predicted molar refractivity (Wildman–Crippen MR) is 75.2 cm³/mol. The molecule has 102 valence electrons. The van der Waals surface area contributed by atoms with E-state index in [-0.39, 0.29) is 5.54 Å². The van der Waals surface area contributed by atoms with Gasteiger partial charge in [-0.1, -0.05) is 26.2 Å². The van der Waals surface area contributed by atoms with Crippen molar-refractivity contribution in [2.75, 3.05) is 0 Å². The highest BCUT2D eigenvalue weighted by molar-refractivity contribution is 5.17. The molecule has 5 atom stereocenters. The van der Waals surface area contributed by atoms with Crippen molar-refractivity contribution < 1.29 is 0 Å². The van der Waals surface area contributed by atoms with Crippen LogP contribution in [0.5, 0.6) is 0 Å². The molecule has 0 aliphatic heterocycles. The van der Waals surface area contributed by atoms with Crippen molar-refractivity contribution >= 4 is 0 Å². The van der Waals surface area contributed by atoms with E-state index in [2.05, 4.69) is 6.92 Å². The van der Waals surface area contributed by atoms with Gasteiger partial charge in [-0.2, -0.15) is 0 Å². The quantitative estimate of drug-likeness (QED) is 0.741. The molecule has 1 nitrogen and oxygen atoms in total. The Morgan fingerprint density at radius 1 is 0.833 bits per heavy atom. The summed E-state index contributed by atoms with van der Waals surface area (Å²) in [6, 6.07) is 0. The first kappa shape index (κ1) is 11.8. The van der Waals surface area contributed by atoms with Gasteiger partial charge in [0.25, 0.3) is 0 Å². The Morgan fingerprint density at radius 2 is 1.44 bits per heavy atom. The molecule has 3 unspecified atom stereocenters. The highest BCUT2D eigenvalue weighted by Gasteiger charge is 2.63. The average Bonchev–Trinajstić information content (AvgIpc) is 2.35. The lowest BCUT2D eigenvalue weighted by Crippen LogP contribution is -2.70. The van der Waals surface area contributed by atoms with Gasteiger partial charge in [0, 0.05) is 5.54 Å². The summed E-state index contributed by atoms with van der Waals surface area (Å²) in [5, 5.41) is 0. The second-order valence-electron chi connectivity index (χ2n) is 8.32. The Kier molecular flexibility index (Phi) is 2.45. The van der Waals surface area contributed by atoms with E-state index >= 15 is 0 Å². The molecule has 4 bridgehead atoms. The van der Waals surface area contributed by atoms with Crippen LogP contribution in [0.4, 0.5) is 0 Å². The summed E-state index contributed by atoms with van der Waals surface area (Å²) in [4.78, 5) is 0. The zero-order chi connectivity index (χ0) is 12.4. The first-order valence-electron chi connectivity index (χ1n) is 8.41. The second-order valence-corrected chi connectivity index (χ2v) is 8.32. The Labute approximate surface area is 112 Å². The van der Waals surface area contributed by atoms with Crippen LogP contribution in [0, 0.1) is 29.1 Å². The average molecular weight is 247 g/mol. The van der Waals surface area contributed by atoms with Gasteiger partial charge in [0.2, 0.25) is 0 Å². The van der Waals surface area contributed by atoms with Crippen LogP contribution in [0.25, 0.3) is 0 Å². The third-order valence-corrected chi connectivity index (χ3v) is 7.58. The van der Waals surface area contributed by atoms with Crippen molar-refractivity contribution in [2.45, 2.75) is 76.7 Å². The SMILES string of the molecule is C[C@]1(C2CCCCC2)C2CC3C[C@@H](C2)CC1(N)C3. The summed E-state index contributed by atoms with van der Waals surface area (Å²) in [5.41, 5.74) is 7.73. The zero-order valence-corrected chi connectivity index (χ0v) is 12.0. The molecule has 0 amide bonds. The van der Waals surface area contributed by atoms with Gasteiger partial charge >= 0.3 is 0 Å². The fraction of sp³-hybridized carbons (Fsp3) is 1.00. The van der Waals surface area contributed by atoms with E-state index in [1.807, 2.05) is 0 Å². The molecule has 5 aliphatic carbocycles. The molecule has 5 saturated carbocycles.